The number of aromatic nitrogens is 2. The summed E-state index contributed by atoms with van der Waals surface area (Å²) in [5.74, 6) is 0.302. The van der Waals surface area contributed by atoms with Crippen LogP contribution in [0.1, 0.15) is 27.0 Å². The average molecular weight is 484 g/mol. The number of amides is 1. The van der Waals surface area contributed by atoms with Crippen LogP contribution in [0, 0.1) is 12.7 Å². The van der Waals surface area contributed by atoms with E-state index in [1.54, 1.807) is 41.2 Å². The zero-order valence-corrected chi connectivity index (χ0v) is 19.2. The number of ether oxygens (including phenoxy) is 1. The molecule has 0 aliphatic heterocycles. The standard InChI is InChI=1S/C25H20Cl2FN3O2/c1-16-11-21(9-10-22(16)26)33-15-17-5-7-19(8-6-17)25(32)29-24-23(27)14-31(30-24)13-18-3-2-4-20(28)12-18/h2-12,14H,13,15H2,1H3,(H,29,30,32). The Morgan fingerprint density at radius 2 is 1.82 bits per heavy atom. The molecule has 0 saturated carbocycles. The van der Waals surface area contributed by atoms with Gasteiger partial charge in [-0.15, -0.1) is 0 Å². The fourth-order valence-corrected chi connectivity index (χ4v) is 3.51. The molecule has 1 aromatic heterocycles. The van der Waals surface area contributed by atoms with Crippen molar-refractivity contribution in [2.45, 2.75) is 20.1 Å². The Morgan fingerprint density at radius 3 is 2.55 bits per heavy atom. The average Bonchev–Trinajstić information content (AvgIpc) is 3.13. The van der Waals surface area contributed by atoms with Crippen LogP contribution in [0.5, 0.6) is 5.75 Å². The summed E-state index contributed by atoms with van der Waals surface area (Å²) in [6, 6.07) is 18.8. The topological polar surface area (TPSA) is 56.1 Å². The monoisotopic (exact) mass is 483 g/mol. The van der Waals surface area contributed by atoms with E-state index in [0.717, 1.165) is 22.4 Å². The molecule has 0 unspecified atom stereocenters. The third kappa shape index (κ3) is 5.92. The van der Waals surface area contributed by atoms with Gasteiger partial charge in [-0.2, -0.15) is 5.10 Å². The van der Waals surface area contributed by atoms with Gasteiger partial charge in [-0.3, -0.25) is 9.48 Å². The molecule has 0 atom stereocenters. The van der Waals surface area contributed by atoms with Crippen LogP contribution in [-0.2, 0) is 13.2 Å². The molecule has 8 heteroatoms. The number of aryl methyl sites for hydroxylation is 1. The van der Waals surface area contributed by atoms with E-state index in [1.165, 1.54) is 12.1 Å². The largest absolute Gasteiger partial charge is 0.489 e. The van der Waals surface area contributed by atoms with Gasteiger partial charge >= 0.3 is 0 Å². The third-order valence-corrected chi connectivity index (χ3v) is 5.63. The van der Waals surface area contributed by atoms with E-state index in [-0.39, 0.29) is 17.5 Å². The summed E-state index contributed by atoms with van der Waals surface area (Å²) in [5, 5.41) is 7.99. The van der Waals surface area contributed by atoms with Crippen LogP contribution in [0.4, 0.5) is 10.2 Å². The van der Waals surface area contributed by atoms with Crippen molar-refractivity contribution < 1.29 is 13.9 Å². The summed E-state index contributed by atoms with van der Waals surface area (Å²) in [6.07, 6.45) is 1.58. The van der Waals surface area contributed by atoms with Gasteiger partial charge in [0.2, 0.25) is 0 Å². The predicted octanol–water partition coefficient (Wildman–Crippen LogP) is 6.52. The maximum atomic E-state index is 13.4. The van der Waals surface area contributed by atoms with Crippen molar-refractivity contribution in [3.05, 3.63) is 111 Å². The summed E-state index contributed by atoms with van der Waals surface area (Å²) < 4.78 is 20.7. The molecule has 0 aliphatic rings. The molecule has 1 heterocycles. The first-order valence-corrected chi connectivity index (χ1v) is 10.9. The minimum atomic E-state index is -0.339. The Hall–Kier alpha value is -3.35. The van der Waals surface area contributed by atoms with E-state index in [2.05, 4.69) is 10.4 Å². The number of anilines is 1. The third-order valence-electron chi connectivity index (χ3n) is 4.93. The van der Waals surface area contributed by atoms with Gasteiger partial charge < -0.3 is 10.1 Å². The van der Waals surface area contributed by atoms with Gasteiger partial charge in [-0.25, -0.2) is 4.39 Å². The highest BCUT2D eigenvalue weighted by Gasteiger charge is 2.13. The quantitative estimate of drug-likeness (QED) is 0.325. The molecule has 0 radical (unpaired) electrons. The number of nitrogens with zero attached hydrogens (tertiary/aromatic N) is 2. The molecule has 4 aromatic rings. The highest BCUT2D eigenvalue weighted by Crippen LogP contribution is 2.23. The number of carbonyl (C=O) groups excluding carboxylic acids is 1. The lowest BCUT2D eigenvalue weighted by molar-refractivity contribution is 0.102. The number of halogens is 3. The van der Waals surface area contributed by atoms with E-state index in [1.807, 2.05) is 31.2 Å². The minimum Gasteiger partial charge on any atom is -0.489 e. The van der Waals surface area contributed by atoms with E-state index >= 15 is 0 Å². The molecule has 1 N–H and O–H groups in total. The number of rotatable bonds is 7. The Morgan fingerprint density at radius 1 is 1.03 bits per heavy atom. The van der Waals surface area contributed by atoms with Gasteiger partial charge in [0.25, 0.3) is 5.91 Å². The van der Waals surface area contributed by atoms with Crippen LogP contribution < -0.4 is 10.1 Å². The summed E-state index contributed by atoms with van der Waals surface area (Å²) in [5.41, 5.74) is 3.05. The summed E-state index contributed by atoms with van der Waals surface area (Å²) in [4.78, 5) is 12.6. The first-order valence-electron chi connectivity index (χ1n) is 10.1. The molecule has 5 nitrogen and oxygen atoms in total. The molecule has 0 spiro atoms. The molecular formula is C25H20Cl2FN3O2. The molecule has 33 heavy (non-hydrogen) atoms. The van der Waals surface area contributed by atoms with Crippen molar-refractivity contribution in [2.24, 2.45) is 0 Å². The fourth-order valence-electron chi connectivity index (χ4n) is 3.19. The number of hydrogen-bond acceptors (Lipinski definition) is 3. The molecule has 168 valence electrons. The lowest BCUT2D eigenvalue weighted by Gasteiger charge is -2.09. The molecule has 0 fully saturated rings. The van der Waals surface area contributed by atoms with E-state index in [4.69, 9.17) is 27.9 Å². The van der Waals surface area contributed by atoms with Crippen molar-refractivity contribution in [2.75, 3.05) is 5.32 Å². The number of benzene rings is 3. The summed E-state index contributed by atoms with van der Waals surface area (Å²) in [6.45, 7) is 2.61. The molecule has 3 aromatic carbocycles. The smallest absolute Gasteiger partial charge is 0.256 e. The van der Waals surface area contributed by atoms with Gasteiger partial charge in [-0.1, -0.05) is 47.5 Å². The second-order valence-electron chi connectivity index (χ2n) is 7.50. The van der Waals surface area contributed by atoms with Crippen molar-refractivity contribution in [3.8, 4) is 5.75 Å². The highest BCUT2D eigenvalue weighted by atomic mass is 35.5. The number of carbonyl (C=O) groups is 1. The van der Waals surface area contributed by atoms with Gasteiger partial charge in [0.05, 0.1) is 6.54 Å². The van der Waals surface area contributed by atoms with Crippen molar-refractivity contribution in [1.29, 1.82) is 0 Å². The first kappa shape index (κ1) is 22.8. The second kappa shape index (κ2) is 10.1. The molecular weight excluding hydrogens is 464 g/mol. The normalized spacial score (nSPS) is 10.8. The van der Waals surface area contributed by atoms with Crippen molar-refractivity contribution in [3.63, 3.8) is 0 Å². The van der Waals surface area contributed by atoms with Gasteiger partial charge in [-0.05, 0) is 66.1 Å². The van der Waals surface area contributed by atoms with Gasteiger partial charge in [0.1, 0.15) is 23.2 Å². The van der Waals surface area contributed by atoms with E-state index in [0.29, 0.717) is 28.8 Å². The van der Waals surface area contributed by atoms with Crippen molar-refractivity contribution in [1.82, 2.24) is 9.78 Å². The van der Waals surface area contributed by atoms with Gasteiger partial charge in [0, 0.05) is 16.8 Å². The molecule has 0 saturated heterocycles. The Bertz CT molecular complexity index is 1290. The van der Waals surface area contributed by atoms with Crippen LogP contribution in [0.15, 0.2) is 72.9 Å². The predicted molar refractivity (Wildman–Crippen MR) is 128 cm³/mol. The Labute approximate surface area is 200 Å². The Kier molecular flexibility index (Phi) is 6.96. The van der Waals surface area contributed by atoms with E-state index in [9.17, 15) is 9.18 Å². The summed E-state index contributed by atoms with van der Waals surface area (Å²) >= 11 is 12.3. The lowest BCUT2D eigenvalue weighted by atomic mass is 10.1. The zero-order chi connectivity index (χ0) is 23.4. The van der Waals surface area contributed by atoms with Crippen LogP contribution in [-0.4, -0.2) is 15.7 Å². The molecule has 1 amide bonds. The Balaban J connectivity index is 1.36. The zero-order valence-electron chi connectivity index (χ0n) is 17.7. The maximum Gasteiger partial charge on any atom is 0.256 e. The maximum absolute atomic E-state index is 13.4. The lowest BCUT2D eigenvalue weighted by Crippen LogP contribution is -2.13. The van der Waals surface area contributed by atoms with Crippen LogP contribution >= 0.6 is 23.2 Å². The minimum absolute atomic E-state index is 0.239. The second-order valence-corrected chi connectivity index (χ2v) is 8.32. The van der Waals surface area contributed by atoms with E-state index < -0.39 is 0 Å². The van der Waals surface area contributed by atoms with Crippen LogP contribution in [0.2, 0.25) is 10.0 Å². The number of nitrogens with one attached hydrogen (secondary N) is 1. The SMILES string of the molecule is Cc1cc(OCc2ccc(C(=O)Nc3nn(Cc4cccc(F)c4)cc3Cl)cc2)ccc1Cl. The fraction of sp³-hybridized carbons (Fsp3) is 0.120. The van der Waals surface area contributed by atoms with Crippen LogP contribution in [0.25, 0.3) is 0 Å². The molecule has 0 aliphatic carbocycles. The van der Waals surface area contributed by atoms with Crippen LogP contribution in [0.3, 0.4) is 0 Å². The van der Waals surface area contributed by atoms with Gasteiger partial charge in [0.15, 0.2) is 5.82 Å². The molecule has 0 bridgehead atoms. The van der Waals surface area contributed by atoms with Crippen molar-refractivity contribution >= 4 is 34.9 Å². The molecule has 4 rings (SSSR count). The summed E-state index contributed by atoms with van der Waals surface area (Å²) in [7, 11) is 0. The first-order chi connectivity index (χ1) is 15.9. The highest BCUT2D eigenvalue weighted by molar-refractivity contribution is 6.33. The number of hydrogen-bond donors (Lipinski definition) is 1.